The Morgan fingerprint density at radius 3 is 2.65 bits per heavy atom. The maximum absolute atomic E-state index is 12.3. The van der Waals surface area contributed by atoms with Crippen molar-refractivity contribution in [3.05, 3.63) is 45.7 Å². The number of nitrogens with one attached hydrogen (secondary N) is 1. The Kier molecular flexibility index (Phi) is 5.31. The molecule has 23 heavy (non-hydrogen) atoms. The quantitative estimate of drug-likeness (QED) is 0.926. The van der Waals surface area contributed by atoms with Gasteiger partial charge in [-0.15, -0.1) is 0 Å². The summed E-state index contributed by atoms with van der Waals surface area (Å²) in [5, 5.41) is 7.92. The zero-order chi connectivity index (χ0) is 17.1. The molecule has 1 heterocycles. The van der Waals surface area contributed by atoms with Crippen molar-refractivity contribution >= 4 is 23.3 Å². The minimum atomic E-state index is -0.144. The number of benzene rings is 1. The number of urea groups is 1. The Hall–Kier alpha value is -2.01. The summed E-state index contributed by atoms with van der Waals surface area (Å²) >= 11 is 5.98. The van der Waals surface area contributed by atoms with E-state index >= 15 is 0 Å². The fourth-order valence-corrected chi connectivity index (χ4v) is 2.67. The highest BCUT2D eigenvalue weighted by molar-refractivity contribution is 6.31. The van der Waals surface area contributed by atoms with E-state index in [1.54, 1.807) is 18.0 Å². The van der Waals surface area contributed by atoms with Crippen LogP contribution >= 0.6 is 11.6 Å². The van der Waals surface area contributed by atoms with E-state index in [0.717, 1.165) is 29.1 Å². The molecule has 124 valence electrons. The van der Waals surface area contributed by atoms with Crippen LogP contribution in [0, 0.1) is 20.8 Å². The zero-order valence-corrected chi connectivity index (χ0v) is 15.0. The predicted molar refractivity (Wildman–Crippen MR) is 94.2 cm³/mol. The predicted octanol–water partition coefficient (Wildman–Crippen LogP) is 3.71. The van der Waals surface area contributed by atoms with Crippen molar-refractivity contribution in [1.82, 2.24) is 14.7 Å². The third-order valence-electron chi connectivity index (χ3n) is 4.14. The molecule has 2 aromatic rings. The van der Waals surface area contributed by atoms with Crippen LogP contribution in [0.25, 0.3) is 0 Å². The van der Waals surface area contributed by atoms with E-state index in [9.17, 15) is 4.79 Å². The van der Waals surface area contributed by atoms with E-state index in [2.05, 4.69) is 10.4 Å². The van der Waals surface area contributed by atoms with Crippen molar-refractivity contribution in [2.24, 2.45) is 7.05 Å². The summed E-state index contributed by atoms with van der Waals surface area (Å²) in [6.45, 7) is 6.61. The molecule has 0 spiro atoms. The zero-order valence-electron chi connectivity index (χ0n) is 14.3. The molecule has 0 radical (unpaired) electrons. The molecule has 0 aliphatic carbocycles. The molecule has 0 bridgehead atoms. The molecule has 0 saturated heterocycles. The van der Waals surface area contributed by atoms with Gasteiger partial charge in [0.2, 0.25) is 0 Å². The summed E-state index contributed by atoms with van der Waals surface area (Å²) in [7, 11) is 3.72. The highest BCUT2D eigenvalue weighted by atomic mass is 35.5. The molecule has 2 amide bonds. The minimum Gasteiger partial charge on any atom is -0.327 e. The molecular weight excluding hydrogens is 312 g/mol. The van der Waals surface area contributed by atoms with Crippen LogP contribution in [-0.2, 0) is 13.5 Å². The Balaban J connectivity index is 1.99. The van der Waals surface area contributed by atoms with Gasteiger partial charge in [-0.25, -0.2) is 4.79 Å². The molecule has 0 aliphatic heterocycles. The normalized spacial score (nSPS) is 10.7. The van der Waals surface area contributed by atoms with Crippen LogP contribution in [0.4, 0.5) is 10.5 Å². The summed E-state index contributed by atoms with van der Waals surface area (Å²) in [5.41, 5.74) is 5.08. The lowest BCUT2D eigenvalue weighted by atomic mass is 10.1. The molecule has 0 fully saturated rings. The number of carbonyl (C=O) groups excluding carboxylic acids is 1. The molecule has 6 heteroatoms. The van der Waals surface area contributed by atoms with Crippen LogP contribution in [0.15, 0.2) is 18.2 Å². The summed E-state index contributed by atoms with van der Waals surface area (Å²) < 4.78 is 1.88. The van der Waals surface area contributed by atoms with Gasteiger partial charge in [0.05, 0.1) is 5.69 Å². The number of hydrogen-bond acceptors (Lipinski definition) is 2. The molecule has 2 rings (SSSR count). The first kappa shape index (κ1) is 17.3. The topological polar surface area (TPSA) is 50.2 Å². The van der Waals surface area contributed by atoms with Gasteiger partial charge >= 0.3 is 6.03 Å². The first-order valence-electron chi connectivity index (χ1n) is 7.57. The van der Waals surface area contributed by atoms with Gasteiger partial charge in [0.25, 0.3) is 0 Å². The molecule has 0 unspecified atom stereocenters. The van der Waals surface area contributed by atoms with Crippen molar-refractivity contribution in [1.29, 1.82) is 0 Å². The van der Waals surface area contributed by atoms with E-state index in [1.165, 1.54) is 5.56 Å². The van der Waals surface area contributed by atoms with Crippen LogP contribution in [0.5, 0.6) is 0 Å². The molecule has 1 aromatic carbocycles. The fraction of sp³-hybridized carbons (Fsp3) is 0.412. The van der Waals surface area contributed by atoms with Crippen molar-refractivity contribution in [3.8, 4) is 0 Å². The summed E-state index contributed by atoms with van der Waals surface area (Å²) in [5.74, 6) is 0. The van der Waals surface area contributed by atoms with Gasteiger partial charge in [0, 0.05) is 37.0 Å². The number of amides is 2. The number of anilines is 1. The number of aromatic nitrogens is 2. The molecule has 5 nitrogen and oxygen atoms in total. The summed E-state index contributed by atoms with van der Waals surface area (Å²) in [4.78, 5) is 14.0. The van der Waals surface area contributed by atoms with Gasteiger partial charge in [-0.1, -0.05) is 17.7 Å². The van der Waals surface area contributed by atoms with Crippen molar-refractivity contribution in [3.63, 3.8) is 0 Å². The SMILES string of the molecule is Cc1ccc(Cl)cc1NC(=O)N(C)CCc1c(C)nn(C)c1C. The second-order valence-electron chi connectivity index (χ2n) is 5.83. The van der Waals surface area contributed by atoms with Crippen LogP contribution in [0.1, 0.15) is 22.5 Å². The largest absolute Gasteiger partial charge is 0.327 e. The van der Waals surface area contributed by atoms with Gasteiger partial charge in [0.1, 0.15) is 0 Å². The van der Waals surface area contributed by atoms with Crippen LogP contribution in [0.3, 0.4) is 0 Å². The van der Waals surface area contributed by atoms with E-state index in [0.29, 0.717) is 11.6 Å². The maximum atomic E-state index is 12.3. The molecular formula is C17H23ClN4O. The van der Waals surface area contributed by atoms with Gasteiger partial charge < -0.3 is 10.2 Å². The summed E-state index contributed by atoms with van der Waals surface area (Å²) in [6, 6.07) is 5.32. The third kappa shape index (κ3) is 4.05. The van der Waals surface area contributed by atoms with Gasteiger partial charge in [-0.2, -0.15) is 5.10 Å². The Labute approximate surface area is 142 Å². The lowest BCUT2D eigenvalue weighted by molar-refractivity contribution is 0.223. The lowest BCUT2D eigenvalue weighted by Crippen LogP contribution is -2.33. The Morgan fingerprint density at radius 2 is 2.04 bits per heavy atom. The van der Waals surface area contributed by atoms with E-state index < -0.39 is 0 Å². The van der Waals surface area contributed by atoms with E-state index in [-0.39, 0.29) is 6.03 Å². The van der Waals surface area contributed by atoms with Gasteiger partial charge in [0.15, 0.2) is 0 Å². The minimum absolute atomic E-state index is 0.144. The fourth-order valence-electron chi connectivity index (χ4n) is 2.50. The number of carbonyl (C=O) groups is 1. The van der Waals surface area contributed by atoms with Gasteiger partial charge in [-0.05, 0) is 50.5 Å². The number of rotatable bonds is 4. The average Bonchev–Trinajstić information content (AvgIpc) is 2.73. The molecule has 0 atom stereocenters. The maximum Gasteiger partial charge on any atom is 0.321 e. The van der Waals surface area contributed by atoms with Crippen molar-refractivity contribution < 1.29 is 4.79 Å². The number of nitrogens with zero attached hydrogens (tertiary/aromatic N) is 3. The average molecular weight is 335 g/mol. The second-order valence-corrected chi connectivity index (χ2v) is 6.27. The number of halogens is 1. The van der Waals surface area contributed by atoms with Crippen LogP contribution in [-0.4, -0.2) is 34.3 Å². The molecule has 0 aliphatic rings. The first-order chi connectivity index (χ1) is 10.8. The first-order valence-corrected chi connectivity index (χ1v) is 7.94. The Morgan fingerprint density at radius 1 is 1.35 bits per heavy atom. The van der Waals surface area contributed by atoms with Gasteiger partial charge in [-0.3, -0.25) is 4.68 Å². The summed E-state index contributed by atoms with van der Waals surface area (Å²) in [6.07, 6.45) is 0.782. The second kappa shape index (κ2) is 7.04. The van der Waals surface area contributed by atoms with Crippen molar-refractivity contribution in [2.45, 2.75) is 27.2 Å². The smallest absolute Gasteiger partial charge is 0.321 e. The number of likely N-dealkylation sites (N-methyl/N-ethyl adjacent to an activating group) is 1. The lowest BCUT2D eigenvalue weighted by Gasteiger charge is -2.19. The van der Waals surface area contributed by atoms with E-state index in [1.807, 2.05) is 44.6 Å². The third-order valence-corrected chi connectivity index (χ3v) is 4.38. The van der Waals surface area contributed by atoms with E-state index in [4.69, 9.17) is 11.6 Å². The van der Waals surface area contributed by atoms with Crippen LogP contribution in [0.2, 0.25) is 5.02 Å². The monoisotopic (exact) mass is 334 g/mol. The number of aryl methyl sites for hydroxylation is 3. The Bertz CT molecular complexity index is 724. The number of hydrogen-bond donors (Lipinski definition) is 1. The highest BCUT2D eigenvalue weighted by Crippen LogP contribution is 2.20. The highest BCUT2D eigenvalue weighted by Gasteiger charge is 2.14. The van der Waals surface area contributed by atoms with Crippen molar-refractivity contribution in [2.75, 3.05) is 18.9 Å². The standard InChI is InChI=1S/C17H23ClN4O/c1-11-6-7-14(18)10-16(11)19-17(23)21(4)9-8-15-12(2)20-22(5)13(15)3/h6-7,10H,8-9H2,1-5H3,(H,19,23). The molecule has 0 saturated carbocycles. The molecule has 1 N–H and O–H groups in total. The van der Waals surface area contributed by atoms with Crippen LogP contribution < -0.4 is 5.32 Å². The molecule has 1 aromatic heterocycles.